The summed E-state index contributed by atoms with van der Waals surface area (Å²) < 4.78 is 12.1. The number of nitrogens with zero attached hydrogens (tertiary/aromatic N) is 2. The first kappa shape index (κ1) is 21.9. The number of carbonyl (C=O) groups is 1. The van der Waals surface area contributed by atoms with Crippen molar-refractivity contribution in [1.82, 2.24) is 15.2 Å². The van der Waals surface area contributed by atoms with Crippen LogP contribution < -0.4 is 5.32 Å². The zero-order valence-electron chi connectivity index (χ0n) is 17.6. The van der Waals surface area contributed by atoms with Gasteiger partial charge in [-0.05, 0) is 67.5 Å². The molecule has 33 heavy (non-hydrogen) atoms. The van der Waals surface area contributed by atoms with Crippen molar-refractivity contribution in [2.75, 3.05) is 13.2 Å². The van der Waals surface area contributed by atoms with Gasteiger partial charge in [0.05, 0.1) is 28.4 Å². The van der Waals surface area contributed by atoms with E-state index in [2.05, 4.69) is 15.2 Å². The van der Waals surface area contributed by atoms with Gasteiger partial charge in [-0.2, -0.15) is 0 Å². The van der Waals surface area contributed by atoms with Gasteiger partial charge in [-0.1, -0.05) is 17.7 Å². The van der Waals surface area contributed by atoms with Crippen molar-refractivity contribution in [3.63, 3.8) is 0 Å². The van der Waals surface area contributed by atoms with E-state index in [9.17, 15) is 9.90 Å². The molecule has 9 heteroatoms. The van der Waals surface area contributed by atoms with Gasteiger partial charge in [0.1, 0.15) is 17.6 Å². The van der Waals surface area contributed by atoms with E-state index in [1.165, 1.54) is 12.1 Å². The maximum absolute atomic E-state index is 11.4. The van der Waals surface area contributed by atoms with Crippen molar-refractivity contribution in [3.8, 4) is 11.3 Å². The Morgan fingerprint density at radius 2 is 2.15 bits per heavy atom. The first-order chi connectivity index (χ1) is 16.0. The number of nitrogens with one attached hydrogen (secondary N) is 1. The zero-order chi connectivity index (χ0) is 22.9. The molecule has 0 saturated carbocycles. The van der Waals surface area contributed by atoms with Gasteiger partial charge < -0.3 is 24.5 Å². The lowest BCUT2D eigenvalue weighted by molar-refractivity contribution is 0.0697. The second-order valence-corrected chi connectivity index (χ2v) is 8.91. The van der Waals surface area contributed by atoms with Gasteiger partial charge in [0.25, 0.3) is 0 Å². The lowest BCUT2D eigenvalue weighted by atomic mass is 10.0. The number of halogens is 1. The number of benzene rings is 1. The molecule has 3 aromatic rings. The van der Waals surface area contributed by atoms with E-state index >= 15 is 0 Å². The molecule has 0 bridgehead atoms. The molecule has 3 atom stereocenters. The Kier molecular flexibility index (Phi) is 6.05. The summed E-state index contributed by atoms with van der Waals surface area (Å²) in [4.78, 5) is 18.1. The molecule has 2 N–H and O–H groups in total. The first-order valence-corrected chi connectivity index (χ1v) is 11.5. The van der Waals surface area contributed by atoms with Crippen LogP contribution in [0.3, 0.4) is 0 Å². The van der Waals surface area contributed by atoms with Gasteiger partial charge >= 0.3 is 5.97 Å². The van der Waals surface area contributed by atoms with Gasteiger partial charge in [-0.25, -0.2) is 4.79 Å². The van der Waals surface area contributed by atoms with Crippen LogP contribution in [0.25, 0.3) is 11.3 Å². The molecule has 2 aliphatic heterocycles. The number of carboxylic acids is 1. The second-order valence-electron chi connectivity index (χ2n) is 8.12. The molecule has 0 spiro atoms. The molecule has 0 aliphatic carbocycles. The predicted octanol–water partition coefficient (Wildman–Crippen LogP) is 4.84. The van der Waals surface area contributed by atoms with Crippen LogP contribution in [0, 0.1) is 0 Å². The lowest BCUT2D eigenvalue weighted by Gasteiger charge is -2.28. The predicted molar refractivity (Wildman–Crippen MR) is 127 cm³/mol. The van der Waals surface area contributed by atoms with Crippen LogP contribution in [-0.4, -0.2) is 45.3 Å². The molecule has 2 fully saturated rings. The minimum atomic E-state index is -1.03. The van der Waals surface area contributed by atoms with E-state index in [4.69, 9.17) is 33.0 Å². The van der Waals surface area contributed by atoms with Crippen LogP contribution in [0.2, 0.25) is 5.02 Å². The highest BCUT2D eigenvalue weighted by molar-refractivity contribution is 7.80. The van der Waals surface area contributed by atoms with Crippen LogP contribution in [0.5, 0.6) is 0 Å². The van der Waals surface area contributed by atoms with Crippen LogP contribution in [0.15, 0.2) is 59.1 Å². The number of rotatable bonds is 6. The van der Waals surface area contributed by atoms with Crippen molar-refractivity contribution in [1.29, 1.82) is 0 Å². The number of aromatic nitrogens is 1. The Hall–Kier alpha value is -2.94. The number of furan rings is 1. The topological polar surface area (TPSA) is 87.8 Å². The molecule has 0 amide bonds. The number of hydrogen-bond acceptors (Lipinski definition) is 5. The van der Waals surface area contributed by atoms with Crippen molar-refractivity contribution in [2.45, 2.75) is 31.0 Å². The van der Waals surface area contributed by atoms with Crippen molar-refractivity contribution in [2.24, 2.45) is 0 Å². The summed E-state index contributed by atoms with van der Waals surface area (Å²) in [6.07, 6.45) is 3.88. The molecule has 4 heterocycles. The molecule has 2 aromatic heterocycles. The second kappa shape index (κ2) is 9.13. The van der Waals surface area contributed by atoms with Crippen LogP contribution in [0.4, 0.5) is 0 Å². The Bertz CT molecular complexity index is 1180. The highest BCUT2D eigenvalue weighted by atomic mass is 35.5. The first-order valence-electron chi connectivity index (χ1n) is 10.7. The fourth-order valence-electron chi connectivity index (χ4n) is 4.42. The van der Waals surface area contributed by atoms with E-state index in [0.717, 1.165) is 25.1 Å². The number of hydrogen-bond donors (Lipinski definition) is 2. The fraction of sp³-hybridized carbons (Fsp3) is 0.292. The Labute approximate surface area is 201 Å². The monoisotopic (exact) mass is 483 g/mol. The molecule has 5 rings (SSSR count). The quantitative estimate of drug-likeness (QED) is 0.481. The average molecular weight is 484 g/mol. The maximum Gasteiger partial charge on any atom is 0.335 e. The molecular weight excluding hydrogens is 462 g/mol. The minimum Gasteiger partial charge on any atom is -0.478 e. The molecule has 2 saturated heterocycles. The van der Waals surface area contributed by atoms with E-state index in [1.54, 1.807) is 12.3 Å². The maximum atomic E-state index is 11.4. The summed E-state index contributed by atoms with van der Waals surface area (Å²) in [5.74, 6) is 0.151. The molecular formula is C24H22ClN3O4S. The molecule has 0 unspecified atom stereocenters. The number of ether oxygens (including phenoxy) is 1. The van der Waals surface area contributed by atoms with Gasteiger partial charge in [-0.3, -0.25) is 4.98 Å². The Morgan fingerprint density at radius 3 is 2.88 bits per heavy atom. The average Bonchev–Trinajstić information content (AvgIpc) is 3.56. The Morgan fingerprint density at radius 1 is 1.27 bits per heavy atom. The third kappa shape index (κ3) is 4.34. The number of thiocarbonyl (C=S) groups is 1. The van der Waals surface area contributed by atoms with E-state index < -0.39 is 5.97 Å². The van der Waals surface area contributed by atoms with Crippen LogP contribution >= 0.6 is 23.8 Å². The Balaban J connectivity index is 1.53. The summed E-state index contributed by atoms with van der Waals surface area (Å²) in [6.45, 7) is 1.40. The summed E-state index contributed by atoms with van der Waals surface area (Å²) in [5, 5.41) is 13.8. The SMILES string of the molecule is O=C(O)c1ccc(Cl)c(-c2ccc([C@@H]3[C@H](c4ccccn4)NC(=S)N3C[C@H]3CCCO3)o2)c1. The molecule has 0 radical (unpaired) electrons. The minimum absolute atomic E-state index is 0.103. The molecule has 7 nitrogen and oxygen atoms in total. The molecule has 170 valence electrons. The number of aromatic carboxylic acids is 1. The third-order valence-corrected chi connectivity index (χ3v) is 6.70. The summed E-state index contributed by atoms with van der Waals surface area (Å²) in [7, 11) is 0. The summed E-state index contributed by atoms with van der Waals surface area (Å²) >= 11 is 12.1. The fourth-order valence-corrected chi connectivity index (χ4v) is 4.95. The zero-order valence-corrected chi connectivity index (χ0v) is 19.2. The van der Waals surface area contributed by atoms with Crippen molar-refractivity contribution in [3.05, 3.63) is 76.8 Å². The van der Waals surface area contributed by atoms with Crippen molar-refractivity contribution >= 4 is 34.9 Å². The van der Waals surface area contributed by atoms with Gasteiger partial charge in [0.2, 0.25) is 0 Å². The van der Waals surface area contributed by atoms with Crippen LogP contribution in [0.1, 0.15) is 46.7 Å². The smallest absolute Gasteiger partial charge is 0.335 e. The van der Waals surface area contributed by atoms with E-state index in [-0.39, 0.29) is 23.8 Å². The number of pyridine rings is 1. The van der Waals surface area contributed by atoms with Gasteiger partial charge in [-0.15, -0.1) is 0 Å². The molecule has 2 aliphatic rings. The number of carboxylic acid groups (broad SMARTS) is 1. The summed E-state index contributed by atoms with van der Waals surface area (Å²) in [5.41, 5.74) is 1.52. The lowest BCUT2D eigenvalue weighted by Crippen LogP contribution is -2.36. The normalized spacial score (nSPS) is 22.5. The van der Waals surface area contributed by atoms with Gasteiger partial charge in [0.15, 0.2) is 5.11 Å². The van der Waals surface area contributed by atoms with E-state index in [0.29, 0.717) is 33.8 Å². The highest BCUT2D eigenvalue weighted by Crippen LogP contribution is 2.41. The standard InChI is InChI=1S/C24H22ClN3O4S/c25-17-7-6-14(23(29)30)12-16(17)19-8-9-20(32-19)22-21(18-5-1-2-10-26-18)27-24(33)28(22)13-15-4-3-11-31-15/h1-2,5-10,12,15,21-22H,3-4,11,13H2,(H,27,33)(H,29,30)/t15-,21+,22-/m1/s1. The summed E-state index contributed by atoms with van der Waals surface area (Å²) in [6, 6.07) is 13.6. The third-order valence-electron chi connectivity index (χ3n) is 6.02. The highest BCUT2D eigenvalue weighted by Gasteiger charge is 2.43. The molecule has 1 aromatic carbocycles. The van der Waals surface area contributed by atoms with Crippen LogP contribution in [-0.2, 0) is 4.74 Å². The van der Waals surface area contributed by atoms with Gasteiger partial charge in [0, 0.05) is 24.9 Å². The van der Waals surface area contributed by atoms with Crippen molar-refractivity contribution < 1.29 is 19.1 Å². The van der Waals surface area contributed by atoms with E-state index in [1.807, 2.05) is 30.3 Å². The largest absolute Gasteiger partial charge is 0.478 e.